The van der Waals surface area contributed by atoms with Gasteiger partial charge in [-0.25, -0.2) is 4.98 Å². The highest BCUT2D eigenvalue weighted by atomic mass is 79.9. The number of anilines is 1. The molecule has 2 unspecified atom stereocenters. The minimum absolute atomic E-state index is 0.0301. The van der Waals surface area contributed by atoms with Gasteiger partial charge < -0.3 is 4.74 Å². The van der Waals surface area contributed by atoms with Crippen LogP contribution >= 0.6 is 15.9 Å². The lowest BCUT2D eigenvalue weighted by Crippen LogP contribution is -2.55. The van der Waals surface area contributed by atoms with Crippen LogP contribution in [0.1, 0.15) is 71.0 Å². The Morgan fingerprint density at radius 1 is 1.23 bits per heavy atom. The van der Waals surface area contributed by atoms with E-state index in [4.69, 9.17) is 4.74 Å². The van der Waals surface area contributed by atoms with Gasteiger partial charge in [0.1, 0.15) is 6.07 Å². The number of hydrazine groups is 1. The molecule has 0 bridgehead atoms. The quantitative estimate of drug-likeness (QED) is 0.370. The average Bonchev–Trinajstić information content (AvgIpc) is 3.50. The van der Waals surface area contributed by atoms with E-state index >= 15 is 0 Å². The minimum Gasteiger partial charge on any atom is -0.379 e. The predicted molar refractivity (Wildman–Crippen MR) is 154 cm³/mol. The smallest absolute Gasteiger partial charge is 0.245 e. The first-order valence-electron chi connectivity index (χ1n) is 14.6. The zero-order chi connectivity index (χ0) is 27.4. The van der Waals surface area contributed by atoms with Gasteiger partial charge in [-0.15, -0.1) is 0 Å². The van der Waals surface area contributed by atoms with Gasteiger partial charge in [-0.1, -0.05) is 38.3 Å². The number of halogens is 1. The van der Waals surface area contributed by atoms with Crippen LogP contribution in [0.15, 0.2) is 22.3 Å². The molecule has 5 rings (SSSR count). The van der Waals surface area contributed by atoms with E-state index in [9.17, 15) is 10.1 Å². The monoisotopic (exact) mass is 599 g/mol. The number of allylic oxidation sites excluding steroid dienone is 1. The Balaban J connectivity index is 1.24. The van der Waals surface area contributed by atoms with Gasteiger partial charge in [0.15, 0.2) is 5.82 Å². The fourth-order valence-electron chi connectivity index (χ4n) is 6.72. The van der Waals surface area contributed by atoms with Crippen LogP contribution in [0.25, 0.3) is 0 Å². The Hall–Kier alpha value is -2.06. The molecule has 10 heteroatoms. The van der Waals surface area contributed by atoms with Gasteiger partial charge in [-0.2, -0.15) is 10.2 Å². The second-order valence-corrected chi connectivity index (χ2v) is 12.8. The largest absolute Gasteiger partial charge is 0.379 e. The number of morpholine rings is 1. The first-order chi connectivity index (χ1) is 18.9. The maximum absolute atomic E-state index is 14.1. The van der Waals surface area contributed by atoms with E-state index in [-0.39, 0.29) is 23.7 Å². The van der Waals surface area contributed by atoms with Crippen LogP contribution in [0.4, 0.5) is 5.82 Å². The van der Waals surface area contributed by atoms with Crippen molar-refractivity contribution in [2.75, 3.05) is 50.9 Å². The third-order valence-corrected chi connectivity index (χ3v) is 10.0. The minimum atomic E-state index is -0.523. The number of hydrogen-bond donors (Lipinski definition) is 1. The Kier molecular flexibility index (Phi) is 9.22. The first-order valence-corrected chi connectivity index (χ1v) is 15.4. The molecule has 2 aliphatic heterocycles. The van der Waals surface area contributed by atoms with Crippen molar-refractivity contribution in [3.8, 4) is 6.07 Å². The van der Waals surface area contributed by atoms with Gasteiger partial charge in [0.05, 0.1) is 29.1 Å². The number of nitriles is 1. The summed E-state index contributed by atoms with van der Waals surface area (Å²) in [5, 5.41) is 11.3. The Labute approximate surface area is 241 Å². The van der Waals surface area contributed by atoms with E-state index in [1.165, 1.54) is 18.4 Å². The van der Waals surface area contributed by atoms with Crippen LogP contribution in [0.3, 0.4) is 0 Å². The molecule has 0 radical (unpaired) electrons. The number of rotatable bonds is 7. The third-order valence-electron chi connectivity index (χ3n) is 9.47. The molecule has 39 heavy (non-hydrogen) atoms. The van der Waals surface area contributed by atoms with Crippen molar-refractivity contribution in [3.05, 3.63) is 28.1 Å². The molecule has 2 aliphatic carbocycles. The number of nitrogens with zero attached hydrogens (tertiary/aromatic N) is 6. The van der Waals surface area contributed by atoms with Crippen LogP contribution in [-0.4, -0.2) is 83.7 Å². The number of carbonyl (C=O) groups is 1. The molecule has 0 aromatic carbocycles. The highest BCUT2D eigenvalue weighted by Crippen LogP contribution is 2.42. The Morgan fingerprint density at radius 2 is 1.95 bits per heavy atom. The highest BCUT2D eigenvalue weighted by Gasteiger charge is 2.43. The first kappa shape index (κ1) is 28.5. The maximum Gasteiger partial charge on any atom is 0.245 e. The van der Waals surface area contributed by atoms with E-state index < -0.39 is 5.41 Å². The van der Waals surface area contributed by atoms with Gasteiger partial charge in [-0.3, -0.25) is 25.0 Å². The molecule has 2 saturated heterocycles. The summed E-state index contributed by atoms with van der Waals surface area (Å²) in [6.07, 6.45) is 12.3. The molecule has 3 fully saturated rings. The lowest BCUT2D eigenvalue weighted by molar-refractivity contribution is -0.133. The fraction of sp³-hybridized carbons (Fsp3) is 0.724. The van der Waals surface area contributed by atoms with Gasteiger partial charge in [0.2, 0.25) is 11.7 Å². The fourth-order valence-corrected chi connectivity index (χ4v) is 7.10. The number of hydrogen-bond acceptors (Lipinski definition) is 8. The summed E-state index contributed by atoms with van der Waals surface area (Å²) in [5.74, 6) is 0.919. The molecule has 2 atom stereocenters. The average molecular weight is 601 g/mol. The van der Waals surface area contributed by atoms with Crippen molar-refractivity contribution in [1.82, 2.24) is 25.2 Å². The van der Waals surface area contributed by atoms with Crippen molar-refractivity contribution in [1.29, 1.82) is 5.26 Å². The van der Waals surface area contributed by atoms with E-state index in [0.717, 1.165) is 84.5 Å². The zero-order valence-corrected chi connectivity index (χ0v) is 25.0. The number of piperidine rings is 1. The van der Waals surface area contributed by atoms with Crippen molar-refractivity contribution < 1.29 is 9.53 Å². The lowest BCUT2D eigenvalue weighted by Gasteiger charge is -2.43. The van der Waals surface area contributed by atoms with Gasteiger partial charge >= 0.3 is 0 Å². The third kappa shape index (κ3) is 6.48. The molecule has 3 heterocycles. The molecular weight excluding hydrogens is 558 g/mol. The molecular formula is C29H42BrN7O2. The SMILES string of the molecule is CC1CC=C(CN2CCC(N3CCOCC3)CC2)CC1(C)C(=O)NN(c1nc(C#N)ncc1Br)C1CCCC1. The van der Waals surface area contributed by atoms with Crippen LogP contribution in [-0.2, 0) is 9.53 Å². The van der Waals surface area contributed by atoms with Crippen molar-refractivity contribution in [2.45, 2.75) is 77.3 Å². The molecule has 1 saturated carbocycles. The van der Waals surface area contributed by atoms with E-state index in [1.54, 1.807) is 6.20 Å². The summed E-state index contributed by atoms with van der Waals surface area (Å²) in [7, 11) is 0. The highest BCUT2D eigenvalue weighted by molar-refractivity contribution is 9.10. The van der Waals surface area contributed by atoms with Crippen LogP contribution < -0.4 is 10.4 Å². The molecule has 212 valence electrons. The number of aromatic nitrogens is 2. The van der Waals surface area contributed by atoms with Crippen molar-refractivity contribution >= 4 is 27.7 Å². The van der Waals surface area contributed by atoms with Crippen molar-refractivity contribution in [3.63, 3.8) is 0 Å². The molecule has 9 nitrogen and oxygen atoms in total. The number of ether oxygens (including phenoxy) is 1. The standard InChI is InChI=1S/C29H42BrN7O2/c1-21-7-8-22(20-35-11-9-23(10-12-35)36-13-15-39-16-14-36)17-29(21,2)28(38)34-37(24-5-3-4-6-24)27-25(30)19-32-26(18-31)33-27/h8,19,21,23-24H,3-7,9-17,20H2,1-2H3,(H,34,38). The van der Waals surface area contributed by atoms with Crippen LogP contribution in [0.2, 0.25) is 0 Å². The van der Waals surface area contributed by atoms with Gasteiger partial charge in [0.25, 0.3) is 0 Å². The molecule has 1 aromatic heterocycles. The summed E-state index contributed by atoms with van der Waals surface area (Å²) in [4.78, 5) is 27.8. The van der Waals surface area contributed by atoms with Crippen molar-refractivity contribution in [2.24, 2.45) is 11.3 Å². The predicted octanol–water partition coefficient (Wildman–Crippen LogP) is 4.05. The second kappa shape index (κ2) is 12.6. The maximum atomic E-state index is 14.1. The van der Waals surface area contributed by atoms with Crippen LogP contribution in [0, 0.1) is 22.7 Å². The van der Waals surface area contributed by atoms with E-state index in [2.05, 4.69) is 61.0 Å². The van der Waals surface area contributed by atoms with E-state index in [0.29, 0.717) is 16.3 Å². The zero-order valence-electron chi connectivity index (χ0n) is 23.4. The molecule has 1 N–H and O–H groups in total. The lowest BCUT2D eigenvalue weighted by atomic mass is 9.68. The molecule has 1 aromatic rings. The Morgan fingerprint density at radius 3 is 2.64 bits per heavy atom. The summed E-state index contributed by atoms with van der Waals surface area (Å²) in [6.45, 7) is 11.3. The normalized spacial score (nSPS) is 27.6. The summed E-state index contributed by atoms with van der Waals surface area (Å²) in [5.41, 5.74) is 4.13. The summed E-state index contributed by atoms with van der Waals surface area (Å²) >= 11 is 3.56. The molecule has 1 amide bonds. The van der Waals surface area contributed by atoms with Gasteiger partial charge in [0, 0.05) is 31.9 Å². The van der Waals surface area contributed by atoms with Crippen LogP contribution in [0.5, 0.6) is 0 Å². The number of carbonyl (C=O) groups excluding carboxylic acids is 1. The summed E-state index contributed by atoms with van der Waals surface area (Å²) < 4.78 is 6.21. The summed E-state index contributed by atoms with van der Waals surface area (Å²) in [6, 6.07) is 2.86. The Bertz CT molecular complexity index is 1090. The van der Waals surface area contributed by atoms with Gasteiger partial charge in [-0.05, 0) is 73.5 Å². The number of nitrogens with one attached hydrogen (secondary N) is 1. The molecule has 4 aliphatic rings. The second-order valence-electron chi connectivity index (χ2n) is 12.0. The topological polar surface area (TPSA) is 97.6 Å². The molecule has 0 spiro atoms. The van der Waals surface area contributed by atoms with E-state index in [1.807, 2.05) is 11.1 Å². The number of amides is 1. The number of likely N-dealkylation sites (tertiary alicyclic amines) is 1.